The predicted octanol–water partition coefficient (Wildman–Crippen LogP) is 3.65. The summed E-state index contributed by atoms with van der Waals surface area (Å²) in [5.41, 5.74) is 3.86. The molecule has 0 aliphatic heterocycles. The summed E-state index contributed by atoms with van der Waals surface area (Å²) in [6, 6.07) is 25.3. The lowest BCUT2D eigenvalue weighted by atomic mass is 10.1. The fourth-order valence-electron chi connectivity index (χ4n) is 4.11. The van der Waals surface area contributed by atoms with Crippen LogP contribution in [0.1, 0.15) is 28.9 Å². The van der Waals surface area contributed by atoms with E-state index in [1.807, 2.05) is 90.2 Å². The molecule has 170 valence electrons. The number of aryl methyl sites for hydroxylation is 2. The van der Waals surface area contributed by atoms with Gasteiger partial charge < -0.3 is 5.32 Å². The molecular formula is C27H25N5O2. The van der Waals surface area contributed by atoms with Crippen LogP contribution in [-0.2, 0) is 24.3 Å². The average Bonchev–Trinajstić information content (AvgIpc) is 3.30. The monoisotopic (exact) mass is 451 g/mol. The highest BCUT2D eigenvalue weighted by molar-refractivity contribution is 5.80. The Hall–Kier alpha value is -4.26. The minimum atomic E-state index is -0.108. The van der Waals surface area contributed by atoms with Gasteiger partial charge in [-0.25, -0.2) is 0 Å². The van der Waals surface area contributed by atoms with Crippen molar-refractivity contribution in [3.63, 3.8) is 0 Å². The molecule has 7 heteroatoms. The van der Waals surface area contributed by atoms with Gasteiger partial charge in [0.2, 0.25) is 11.7 Å². The molecule has 0 bridgehead atoms. The third-order valence-corrected chi connectivity index (χ3v) is 5.94. The first kappa shape index (κ1) is 21.6. The first-order valence-corrected chi connectivity index (χ1v) is 11.3. The van der Waals surface area contributed by atoms with E-state index < -0.39 is 0 Å². The maximum Gasteiger partial charge on any atom is 0.263 e. The maximum atomic E-state index is 13.3. The molecule has 0 saturated heterocycles. The van der Waals surface area contributed by atoms with Crippen molar-refractivity contribution in [2.75, 3.05) is 0 Å². The number of aromatic nitrogens is 4. The van der Waals surface area contributed by atoms with Crippen LogP contribution < -0.4 is 10.9 Å². The lowest BCUT2D eigenvalue weighted by Gasteiger charge is -2.12. The van der Waals surface area contributed by atoms with Crippen LogP contribution in [0.15, 0.2) is 83.7 Å². The van der Waals surface area contributed by atoms with Crippen molar-refractivity contribution < 1.29 is 4.79 Å². The predicted molar refractivity (Wildman–Crippen MR) is 132 cm³/mol. The van der Waals surface area contributed by atoms with Crippen LogP contribution in [0.4, 0.5) is 0 Å². The molecule has 2 aromatic heterocycles. The zero-order chi connectivity index (χ0) is 23.5. The quantitative estimate of drug-likeness (QED) is 0.410. The number of nitrogens with zero attached hydrogens (tertiary/aromatic N) is 4. The van der Waals surface area contributed by atoms with Gasteiger partial charge in [-0.2, -0.15) is 0 Å². The summed E-state index contributed by atoms with van der Waals surface area (Å²) in [4.78, 5) is 25.8. The number of para-hydroxylation sites is 1. The van der Waals surface area contributed by atoms with E-state index in [9.17, 15) is 9.59 Å². The largest absolute Gasteiger partial charge is 0.352 e. The SMILES string of the molecule is Cc1ccc(Cn2c(=O)c3ccccc3n3c(CCC(=O)NCc4ccccc4)nnc23)cc1. The molecule has 0 atom stereocenters. The van der Waals surface area contributed by atoms with E-state index in [1.165, 1.54) is 0 Å². The van der Waals surface area contributed by atoms with Gasteiger partial charge in [-0.05, 0) is 30.2 Å². The first-order valence-electron chi connectivity index (χ1n) is 11.3. The van der Waals surface area contributed by atoms with Gasteiger partial charge in [0.1, 0.15) is 5.82 Å². The number of hydrogen-bond donors (Lipinski definition) is 1. The molecule has 3 aromatic carbocycles. The number of nitrogens with one attached hydrogen (secondary N) is 1. The van der Waals surface area contributed by atoms with Crippen LogP contribution in [0, 0.1) is 6.92 Å². The second-order valence-corrected chi connectivity index (χ2v) is 8.41. The number of amides is 1. The van der Waals surface area contributed by atoms with Crippen LogP contribution >= 0.6 is 0 Å². The van der Waals surface area contributed by atoms with Gasteiger partial charge in [-0.15, -0.1) is 10.2 Å². The van der Waals surface area contributed by atoms with Crippen molar-refractivity contribution in [2.45, 2.75) is 32.9 Å². The highest BCUT2D eigenvalue weighted by Gasteiger charge is 2.17. The first-order chi connectivity index (χ1) is 16.6. The zero-order valence-corrected chi connectivity index (χ0v) is 18.9. The fourth-order valence-corrected chi connectivity index (χ4v) is 4.11. The van der Waals surface area contributed by atoms with Crippen LogP contribution in [0.5, 0.6) is 0 Å². The van der Waals surface area contributed by atoms with Crippen molar-refractivity contribution in [2.24, 2.45) is 0 Å². The average molecular weight is 452 g/mol. The topological polar surface area (TPSA) is 81.3 Å². The van der Waals surface area contributed by atoms with Gasteiger partial charge in [0.15, 0.2) is 0 Å². The second kappa shape index (κ2) is 9.31. The molecule has 0 radical (unpaired) electrons. The molecule has 5 rings (SSSR count). The molecule has 0 unspecified atom stereocenters. The Kier molecular flexibility index (Phi) is 5.91. The van der Waals surface area contributed by atoms with E-state index in [1.54, 1.807) is 4.57 Å². The Balaban J connectivity index is 1.45. The van der Waals surface area contributed by atoms with Gasteiger partial charge in [0, 0.05) is 19.4 Å². The van der Waals surface area contributed by atoms with E-state index >= 15 is 0 Å². The summed E-state index contributed by atoms with van der Waals surface area (Å²) in [5, 5.41) is 12.3. The Morgan fingerprint density at radius 3 is 2.41 bits per heavy atom. The number of hydrogen-bond acceptors (Lipinski definition) is 4. The van der Waals surface area contributed by atoms with Gasteiger partial charge in [0.25, 0.3) is 5.56 Å². The molecule has 2 heterocycles. The zero-order valence-electron chi connectivity index (χ0n) is 18.9. The van der Waals surface area contributed by atoms with Gasteiger partial charge in [0.05, 0.1) is 17.4 Å². The van der Waals surface area contributed by atoms with Crippen molar-refractivity contribution in [1.82, 2.24) is 24.5 Å². The second-order valence-electron chi connectivity index (χ2n) is 8.41. The van der Waals surface area contributed by atoms with Crippen LogP contribution in [0.2, 0.25) is 0 Å². The molecule has 5 aromatic rings. The van der Waals surface area contributed by atoms with Gasteiger partial charge in [-0.3, -0.25) is 18.6 Å². The molecule has 0 spiro atoms. The third-order valence-electron chi connectivity index (χ3n) is 5.94. The number of carbonyl (C=O) groups is 1. The fraction of sp³-hybridized carbons (Fsp3) is 0.185. The van der Waals surface area contributed by atoms with Crippen LogP contribution in [0.3, 0.4) is 0 Å². The van der Waals surface area contributed by atoms with E-state index in [2.05, 4.69) is 15.5 Å². The van der Waals surface area contributed by atoms with E-state index in [4.69, 9.17) is 0 Å². The Morgan fingerprint density at radius 2 is 1.62 bits per heavy atom. The van der Waals surface area contributed by atoms with Gasteiger partial charge >= 0.3 is 0 Å². The summed E-state index contributed by atoms with van der Waals surface area (Å²) in [6.45, 7) is 2.91. The molecule has 1 amide bonds. The number of fused-ring (bicyclic) bond motifs is 3. The maximum absolute atomic E-state index is 13.3. The third kappa shape index (κ3) is 4.32. The minimum absolute atomic E-state index is 0.0575. The summed E-state index contributed by atoms with van der Waals surface area (Å²) >= 11 is 0. The lowest BCUT2D eigenvalue weighted by Crippen LogP contribution is -2.25. The van der Waals surface area contributed by atoms with Crippen molar-refractivity contribution in [1.29, 1.82) is 0 Å². The van der Waals surface area contributed by atoms with E-state index in [0.717, 1.165) is 22.2 Å². The molecule has 7 nitrogen and oxygen atoms in total. The Morgan fingerprint density at radius 1 is 0.882 bits per heavy atom. The molecule has 34 heavy (non-hydrogen) atoms. The smallest absolute Gasteiger partial charge is 0.263 e. The van der Waals surface area contributed by atoms with Crippen molar-refractivity contribution in [3.8, 4) is 0 Å². The normalized spacial score (nSPS) is 11.2. The summed E-state index contributed by atoms with van der Waals surface area (Å²) in [6.07, 6.45) is 0.688. The Bertz CT molecular complexity index is 1520. The summed E-state index contributed by atoms with van der Waals surface area (Å²) in [5.74, 6) is 1.07. The molecule has 0 aliphatic rings. The lowest BCUT2D eigenvalue weighted by molar-refractivity contribution is -0.121. The molecule has 0 aliphatic carbocycles. The number of carbonyl (C=O) groups excluding carboxylic acids is 1. The van der Waals surface area contributed by atoms with Gasteiger partial charge in [-0.1, -0.05) is 72.3 Å². The van der Waals surface area contributed by atoms with E-state index in [-0.39, 0.29) is 17.9 Å². The van der Waals surface area contributed by atoms with Crippen LogP contribution in [-0.4, -0.2) is 25.1 Å². The standard InChI is InChI=1S/C27H25N5O2/c1-19-11-13-21(14-12-19)18-31-26(34)22-9-5-6-10-23(22)32-24(29-30-27(31)32)15-16-25(33)28-17-20-7-3-2-4-8-20/h2-14H,15-18H2,1H3,(H,28,33). The molecule has 0 fully saturated rings. The highest BCUT2D eigenvalue weighted by atomic mass is 16.1. The van der Waals surface area contributed by atoms with E-state index in [0.29, 0.717) is 36.5 Å². The molecular weight excluding hydrogens is 426 g/mol. The summed E-state index contributed by atoms with van der Waals surface area (Å²) in [7, 11) is 0. The highest BCUT2D eigenvalue weighted by Crippen LogP contribution is 2.17. The Labute approximate surface area is 196 Å². The minimum Gasteiger partial charge on any atom is -0.352 e. The van der Waals surface area contributed by atoms with Crippen molar-refractivity contribution >= 4 is 22.6 Å². The summed E-state index contributed by atoms with van der Waals surface area (Å²) < 4.78 is 3.55. The number of benzene rings is 3. The molecule has 0 saturated carbocycles. The molecule has 1 N–H and O–H groups in total. The number of rotatable bonds is 7. The van der Waals surface area contributed by atoms with Crippen LogP contribution in [0.25, 0.3) is 16.7 Å². The van der Waals surface area contributed by atoms with Crippen molar-refractivity contribution in [3.05, 3.63) is 112 Å².